The van der Waals surface area contributed by atoms with Crippen LogP contribution in [0.25, 0.3) is 0 Å². The van der Waals surface area contributed by atoms with E-state index >= 15 is 0 Å². The standard InChI is InChI=1S/C18H20I2O2/c1-21-17-9-7-13(11-15(17)19)5-3-4-6-14-8-10-18(22-2)16(20)12-14/h7-12H,3-6H2,1-2H3. The van der Waals surface area contributed by atoms with Crippen LogP contribution in [0.15, 0.2) is 36.4 Å². The van der Waals surface area contributed by atoms with E-state index in [1.54, 1.807) is 14.2 Å². The minimum absolute atomic E-state index is 0.956. The highest BCUT2D eigenvalue weighted by atomic mass is 127. The van der Waals surface area contributed by atoms with Crippen molar-refractivity contribution in [2.45, 2.75) is 25.7 Å². The van der Waals surface area contributed by atoms with Gasteiger partial charge in [0.05, 0.1) is 21.4 Å². The molecule has 0 aromatic heterocycles. The van der Waals surface area contributed by atoms with Crippen LogP contribution >= 0.6 is 45.2 Å². The fraction of sp³-hybridized carbons (Fsp3) is 0.333. The predicted octanol–water partition coefficient (Wildman–Crippen LogP) is 5.48. The number of unbranched alkanes of at least 4 members (excludes halogenated alkanes) is 1. The summed E-state index contributed by atoms with van der Waals surface area (Å²) in [6.07, 6.45) is 4.64. The third-order valence-electron chi connectivity index (χ3n) is 3.61. The van der Waals surface area contributed by atoms with Gasteiger partial charge in [0.2, 0.25) is 0 Å². The van der Waals surface area contributed by atoms with Crippen LogP contribution < -0.4 is 9.47 Å². The summed E-state index contributed by atoms with van der Waals surface area (Å²) in [6, 6.07) is 12.9. The van der Waals surface area contributed by atoms with Crippen LogP contribution in [0.5, 0.6) is 11.5 Å². The molecule has 0 fully saturated rings. The lowest BCUT2D eigenvalue weighted by atomic mass is 10.0. The second kappa shape index (κ2) is 8.96. The van der Waals surface area contributed by atoms with Crippen molar-refractivity contribution in [1.82, 2.24) is 0 Å². The highest BCUT2D eigenvalue weighted by Gasteiger charge is 2.03. The fourth-order valence-electron chi connectivity index (χ4n) is 2.39. The first-order valence-corrected chi connectivity index (χ1v) is 9.44. The van der Waals surface area contributed by atoms with Crippen molar-refractivity contribution in [2.24, 2.45) is 0 Å². The molecule has 22 heavy (non-hydrogen) atoms. The summed E-state index contributed by atoms with van der Waals surface area (Å²) < 4.78 is 13.0. The molecule has 0 bridgehead atoms. The molecule has 0 spiro atoms. The number of hydrogen-bond donors (Lipinski definition) is 0. The summed E-state index contributed by atoms with van der Waals surface area (Å²) in [5, 5.41) is 0. The summed E-state index contributed by atoms with van der Waals surface area (Å²) in [7, 11) is 3.43. The highest BCUT2D eigenvalue weighted by molar-refractivity contribution is 14.1. The predicted molar refractivity (Wildman–Crippen MR) is 108 cm³/mol. The second-order valence-electron chi connectivity index (χ2n) is 5.14. The maximum absolute atomic E-state index is 5.30. The molecule has 0 heterocycles. The average molecular weight is 522 g/mol. The lowest BCUT2D eigenvalue weighted by Crippen LogP contribution is -1.93. The minimum atomic E-state index is 0.956. The van der Waals surface area contributed by atoms with E-state index in [1.807, 2.05) is 0 Å². The Labute approximate surface area is 159 Å². The lowest BCUT2D eigenvalue weighted by molar-refractivity contribution is 0.411. The van der Waals surface area contributed by atoms with Crippen molar-refractivity contribution in [3.63, 3.8) is 0 Å². The lowest BCUT2D eigenvalue weighted by Gasteiger charge is -2.08. The van der Waals surface area contributed by atoms with Crippen LogP contribution in [-0.4, -0.2) is 14.2 Å². The van der Waals surface area contributed by atoms with Crippen LogP contribution in [-0.2, 0) is 12.8 Å². The molecule has 2 rings (SSSR count). The van der Waals surface area contributed by atoms with Gasteiger partial charge in [-0.2, -0.15) is 0 Å². The molecule has 0 amide bonds. The normalized spacial score (nSPS) is 10.5. The Morgan fingerprint density at radius 3 is 1.45 bits per heavy atom. The van der Waals surface area contributed by atoms with Gasteiger partial charge < -0.3 is 9.47 Å². The van der Waals surface area contributed by atoms with E-state index in [9.17, 15) is 0 Å². The third kappa shape index (κ3) is 5.01. The smallest absolute Gasteiger partial charge is 0.132 e. The second-order valence-corrected chi connectivity index (χ2v) is 7.47. The summed E-state index contributed by atoms with van der Waals surface area (Å²) in [4.78, 5) is 0. The topological polar surface area (TPSA) is 18.5 Å². The van der Waals surface area contributed by atoms with Crippen molar-refractivity contribution in [3.8, 4) is 11.5 Å². The Kier molecular flexibility index (Phi) is 7.27. The van der Waals surface area contributed by atoms with Gasteiger partial charge in [0.1, 0.15) is 11.5 Å². The number of methoxy groups -OCH3 is 2. The molecule has 0 saturated carbocycles. The quantitative estimate of drug-likeness (QED) is 0.355. The number of hydrogen-bond acceptors (Lipinski definition) is 2. The van der Waals surface area contributed by atoms with E-state index in [0.717, 1.165) is 24.3 Å². The molecule has 0 unspecified atom stereocenters. The van der Waals surface area contributed by atoms with Gasteiger partial charge in [-0.15, -0.1) is 0 Å². The van der Waals surface area contributed by atoms with Gasteiger partial charge in [-0.25, -0.2) is 0 Å². The molecule has 2 aromatic rings. The first kappa shape index (κ1) is 17.8. The number of ether oxygens (including phenoxy) is 2. The minimum Gasteiger partial charge on any atom is -0.496 e. The molecule has 118 valence electrons. The van der Waals surface area contributed by atoms with E-state index in [1.165, 1.54) is 31.1 Å². The number of aryl methyl sites for hydroxylation is 2. The Bertz CT molecular complexity index is 571. The number of benzene rings is 2. The number of halogens is 2. The van der Waals surface area contributed by atoms with E-state index in [4.69, 9.17) is 9.47 Å². The molecule has 0 atom stereocenters. The zero-order chi connectivity index (χ0) is 15.9. The maximum atomic E-state index is 5.30. The van der Waals surface area contributed by atoms with E-state index in [0.29, 0.717) is 0 Å². The van der Waals surface area contributed by atoms with Crippen molar-refractivity contribution in [2.75, 3.05) is 14.2 Å². The monoisotopic (exact) mass is 522 g/mol. The van der Waals surface area contributed by atoms with Gasteiger partial charge in [-0.3, -0.25) is 0 Å². The maximum Gasteiger partial charge on any atom is 0.132 e. The Morgan fingerprint density at radius 2 is 1.14 bits per heavy atom. The molecule has 0 radical (unpaired) electrons. The molecule has 2 nitrogen and oxygen atoms in total. The molecule has 0 saturated heterocycles. The summed E-state index contributed by atoms with van der Waals surface area (Å²) >= 11 is 4.66. The van der Waals surface area contributed by atoms with Crippen molar-refractivity contribution in [3.05, 3.63) is 54.7 Å². The summed E-state index contributed by atoms with van der Waals surface area (Å²) in [6.45, 7) is 0. The third-order valence-corrected chi connectivity index (χ3v) is 5.30. The van der Waals surface area contributed by atoms with Gasteiger partial charge in [0.25, 0.3) is 0 Å². The van der Waals surface area contributed by atoms with Crippen molar-refractivity contribution < 1.29 is 9.47 Å². The first-order valence-electron chi connectivity index (χ1n) is 7.29. The van der Waals surface area contributed by atoms with E-state index in [-0.39, 0.29) is 0 Å². The number of rotatable bonds is 7. The first-order chi connectivity index (χ1) is 10.6. The van der Waals surface area contributed by atoms with Crippen LogP contribution in [0.4, 0.5) is 0 Å². The molecule has 2 aromatic carbocycles. The van der Waals surface area contributed by atoms with Gasteiger partial charge in [-0.05, 0) is 106 Å². The molecular weight excluding hydrogens is 502 g/mol. The zero-order valence-electron chi connectivity index (χ0n) is 12.9. The van der Waals surface area contributed by atoms with Gasteiger partial charge >= 0.3 is 0 Å². The van der Waals surface area contributed by atoms with Crippen LogP contribution in [0.3, 0.4) is 0 Å². The molecule has 0 aliphatic rings. The SMILES string of the molecule is COc1ccc(CCCCc2ccc(OC)c(I)c2)cc1I. The van der Waals surface area contributed by atoms with Crippen LogP contribution in [0.2, 0.25) is 0 Å². The van der Waals surface area contributed by atoms with Gasteiger partial charge in [-0.1, -0.05) is 12.1 Å². The summed E-state index contributed by atoms with van der Waals surface area (Å²) in [5.41, 5.74) is 2.77. The van der Waals surface area contributed by atoms with E-state index in [2.05, 4.69) is 81.6 Å². The highest BCUT2D eigenvalue weighted by Crippen LogP contribution is 2.24. The molecule has 4 heteroatoms. The molecule has 0 aliphatic heterocycles. The average Bonchev–Trinajstić information content (AvgIpc) is 2.52. The Hall–Kier alpha value is -0.500. The van der Waals surface area contributed by atoms with Crippen LogP contribution in [0, 0.1) is 7.14 Å². The van der Waals surface area contributed by atoms with E-state index < -0.39 is 0 Å². The molecule has 0 N–H and O–H groups in total. The molecule has 0 aliphatic carbocycles. The zero-order valence-corrected chi connectivity index (χ0v) is 17.2. The van der Waals surface area contributed by atoms with Crippen LogP contribution in [0.1, 0.15) is 24.0 Å². The molecular formula is C18H20I2O2. The van der Waals surface area contributed by atoms with Gasteiger partial charge in [0.15, 0.2) is 0 Å². The van der Waals surface area contributed by atoms with Crippen molar-refractivity contribution >= 4 is 45.2 Å². The Morgan fingerprint density at radius 1 is 0.727 bits per heavy atom. The van der Waals surface area contributed by atoms with Crippen molar-refractivity contribution in [1.29, 1.82) is 0 Å². The summed E-state index contributed by atoms with van der Waals surface area (Å²) in [5.74, 6) is 1.91. The van der Waals surface area contributed by atoms with Gasteiger partial charge in [0, 0.05) is 0 Å². The largest absolute Gasteiger partial charge is 0.496 e. The fourth-order valence-corrected chi connectivity index (χ4v) is 3.99. The Balaban J connectivity index is 1.82.